The SMILES string of the molecule is O=C(c1ccc2nc(NS(=O)(=O)c3ccc(Cl)cc3)sc2c1)N1CCC2(CC1)OCCO2. The number of aromatic nitrogens is 1. The minimum Gasteiger partial charge on any atom is -0.347 e. The summed E-state index contributed by atoms with van der Waals surface area (Å²) in [6.45, 7) is 2.32. The van der Waals surface area contributed by atoms with Crippen molar-refractivity contribution in [2.24, 2.45) is 0 Å². The monoisotopic (exact) mass is 493 g/mol. The molecule has 2 aliphatic rings. The minimum atomic E-state index is -3.79. The zero-order valence-electron chi connectivity index (χ0n) is 16.9. The van der Waals surface area contributed by atoms with Crippen LogP contribution in [-0.2, 0) is 19.5 Å². The molecular formula is C21H20ClN3O5S2. The Labute approximate surface area is 194 Å². The Bertz CT molecular complexity index is 1260. The molecule has 32 heavy (non-hydrogen) atoms. The number of amides is 1. The molecule has 1 amide bonds. The van der Waals surface area contributed by atoms with Crippen LogP contribution in [0, 0.1) is 0 Å². The third kappa shape index (κ3) is 4.20. The number of nitrogens with zero attached hydrogens (tertiary/aromatic N) is 2. The molecule has 0 bridgehead atoms. The van der Waals surface area contributed by atoms with Crippen molar-refractivity contribution in [3.63, 3.8) is 0 Å². The number of hydrogen-bond donors (Lipinski definition) is 1. The van der Waals surface area contributed by atoms with Crippen molar-refractivity contribution in [3.05, 3.63) is 53.1 Å². The maximum absolute atomic E-state index is 13.0. The number of fused-ring (bicyclic) bond motifs is 1. The molecule has 0 unspecified atom stereocenters. The normalized spacial score (nSPS) is 18.3. The first kappa shape index (κ1) is 21.6. The van der Waals surface area contributed by atoms with Gasteiger partial charge in [-0.2, -0.15) is 0 Å². The Morgan fingerprint density at radius 1 is 1.09 bits per heavy atom. The molecule has 11 heteroatoms. The van der Waals surface area contributed by atoms with Gasteiger partial charge in [-0.3, -0.25) is 9.52 Å². The van der Waals surface area contributed by atoms with Gasteiger partial charge >= 0.3 is 0 Å². The molecule has 2 saturated heterocycles. The first-order chi connectivity index (χ1) is 15.3. The van der Waals surface area contributed by atoms with E-state index >= 15 is 0 Å². The van der Waals surface area contributed by atoms with Gasteiger partial charge in [0.25, 0.3) is 15.9 Å². The van der Waals surface area contributed by atoms with Gasteiger partial charge in [0.05, 0.1) is 28.3 Å². The molecule has 3 heterocycles. The van der Waals surface area contributed by atoms with E-state index in [0.29, 0.717) is 55.2 Å². The van der Waals surface area contributed by atoms with Gasteiger partial charge in [-0.25, -0.2) is 13.4 Å². The number of nitrogens with one attached hydrogen (secondary N) is 1. The minimum absolute atomic E-state index is 0.0727. The van der Waals surface area contributed by atoms with E-state index < -0.39 is 15.8 Å². The summed E-state index contributed by atoms with van der Waals surface area (Å²) < 4.78 is 39.9. The lowest BCUT2D eigenvalue weighted by atomic mass is 10.0. The van der Waals surface area contributed by atoms with Crippen molar-refractivity contribution in [1.82, 2.24) is 9.88 Å². The number of carbonyl (C=O) groups is 1. The molecule has 3 aromatic rings. The summed E-state index contributed by atoms with van der Waals surface area (Å²) >= 11 is 7.01. The molecule has 8 nitrogen and oxygen atoms in total. The zero-order chi connectivity index (χ0) is 22.3. The number of ether oxygens (including phenoxy) is 2. The lowest BCUT2D eigenvalue weighted by molar-refractivity contribution is -0.181. The van der Waals surface area contributed by atoms with Crippen LogP contribution in [-0.4, -0.2) is 56.3 Å². The fourth-order valence-corrected chi connectivity index (χ4v) is 6.17. The highest BCUT2D eigenvalue weighted by molar-refractivity contribution is 7.93. The van der Waals surface area contributed by atoms with Gasteiger partial charge in [-0.15, -0.1) is 0 Å². The molecule has 2 fully saturated rings. The second-order valence-corrected chi connectivity index (χ2v) is 10.8. The molecule has 0 aliphatic carbocycles. The Morgan fingerprint density at radius 3 is 2.47 bits per heavy atom. The summed E-state index contributed by atoms with van der Waals surface area (Å²) in [6.07, 6.45) is 1.30. The van der Waals surface area contributed by atoms with Gasteiger partial charge in [-0.1, -0.05) is 22.9 Å². The van der Waals surface area contributed by atoms with Crippen LogP contribution in [0.5, 0.6) is 0 Å². The summed E-state index contributed by atoms with van der Waals surface area (Å²) in [5.41, 5.74) is 1.16. The third-order valence-electron chi connectivity index (χ3n) is 5.61. The highest BCUT2D eigenvalue weighted by atomic mass is 35.5. The van der Waals surface area contributed by atoms with E-state index in [4.69, 9.17) is 21.1 Å². The topological polar surface area (TPSA) is 97.8 Å². The summed E-state index contributed by atoms with van der Waals surface area (Å²) in [5.74, 6) is -0.606. The highest BCUT2D eigenvalue weighted by Gasteiger charge is 2.40. The fraction of sp³-hybridized carbons (Fsp3) is 0.333. The second kappa shape index (κ2) is 8.27. The van der Waals surface area contributed by atoms with Crippen molar-refractivity contribution in [3.8, 4) is 0 Å². The number of halogens is 1. The van der Waals surface area contributed by atoms with E-state index in [1.807, 2.05) is 0 Å². The second-order valence-electron chi connectivity index (χ2n) is 7.66. The number of likely N-dealkylation sites (tertiary alicyclic amines) is 1. The number of rotatable bonds is 4. The maximum Gasteiger partial charge on any atom is 0.263 e. The Kier molecular flexibility index (Phi) is 5.58. The molecule has 0 saturated carbocycles. The van der Waals surface area contributed by atoms with E-state index in [1.165, 1.54) is 35.6 Å². The summed E-state index contributed by atoms with van der Waals surface area (Å²) in [5, 5.41) is 0.684. The van der Waals surface area contributed by atoms with Crippen LogP contribution in [0.25, 0.3) is 10.2 Å². The van der Waals surface area contributed by atoms with Gasteiger partial charge in [-0.05, 0) is 42.5 Å². The van der Waals surface area contributed by atoms with Crippen LogP contribution in [0.4, 0.5) is 5.13 Å². The third-order valence-corrected chi connectivity index (χ3v) is 8.28. The molecule has 0 radical (unpaired) electrons. The van der Waals surface area contributed by atoms with E-state index in [-0.39, 0.29) is 15.9 Å². The Morgan fingerprint density at radius 2 is 1.78 bits per heavy atom. The molecule has 0 atom stereocenters. The van der Waals surface area contributed by atoms with Crippen LogP contribution < -0.4 is 4.72 Å². The smallest absolute Gasteiger partial charge is 0.263 e. The highest BCUT2D eigenvalue weighted by Crippen LogP contribution is 2.33. The van der Waals surface area contributed by atoms with Crippen molar-refractivity contribution in [2.45, 2.75) is 23.5 Å². The molecule has 168 valence electrons. The average Bonchev–Trinajstić information content (AvgIpc) is 3.39. The largest absolute Gasteiger partial charge is 0.347 e. The van der Waals surface area contributed by atoms with Gasteiger partial charge in [0.15, 0.2) is 10.9 Å². The van der Waals surface area contributed by atoms with Crippen molar-refractivity contribution in [2.75, 3.05) is 31.0 Å². The van der Waals surface area contributed by atoms with Gasteiger partial charge < -0.3 is 14.4 Å². The van der Waals surface area contributed by atoms with E-state index in [9.17, 15) is 13.2 Å². The first-order valence-electron chi connectivity index (χ1n) is 10.1. The lowest BCUT2D eigenvalue weighted by Crippen LogP contribution is -2.47. The number of sulfonamides is 1. The number of anilines is 1. The standard InChI is InChI=1S/C21H20ClN3O5S2/c22-15-2-4-16(5-3-15)32(27,28)24-20-23-17-6-1-14(13-18(17)31-20)19(26)25-9-7-21(8-10-25)29-11-12-30-21/h1-6,13H,7-12H2,(H,23,24). The van der Waals surface area contributed by atoms with Gasteiger partial charge in [0, 0.05) is 36.5 Å². The average molecular weight is 494 g/mol. The number of carbonyl (C=O) groups excluding carboxylic acids is 1. The van der Waals surface area contributed by atoms with E-state index in [2.05, 4.69) is 9.71 Å². The lowest BCUT2D eigenvalue weighted by Gasteiger charge is -2.37. The summed E-state index contributed by atoms with van der Waals surface area (Å²) in [6, 6.07) is 11.1. The maximum atomic E-state index is 13.0. The van der Waals surface area contributed by atoms with Crippen molar-refractivity contribution in [1.29, 1.82) is 0 Å². The van der Waals surface area contributed by atoms with Crippen molar-refractivity contribution >= 4 is 54.2 Å². The number of piperidine rings is 1. The van der Waals surface area contributed by atoms with Crippen LogP contribution in [0.3, 0.4) is 0 Å². The molecule has 2 aromatic carbocycles. The molecule has 5 rings (SSSR count). The fourth-order valence-electron chi connectivity index (χ4n) is 3.91. The first-order valence-corrected chi connectivity index (χ1v) is 12.8. The molecular weight excluding hydrogens is 474 g/mol. The predicted molar refractivity (Wildman–Crippen MR) is 122 cm³/mol. The Balaban J connectivity index is 1.32. The number of hydrogen-bond acceptors (Lipinski definition) is 7. The Hall–Kier alpha value is -2.24. The zero-order valence-corrected chi connectivity index (χ0v) is 19.3. The van der Waals surface area contributed by atoms with Crippen molar-refractivity contribution < 1.29 is 22.7 Å². The van der Waals surface area contributed by atoms with Gasteiger partial charge in [0.2, 0.25) is 0 Å². The predicted octanol–water partition coefficient (Wildman–Crippen LogP) is 3.73. The number of benzene rings is 2. The summed E-state index contributed by atoms with van der Waals surface area (Å²) in [4.78, 5) is 19.2. The summed E-state index contributed by atoms with van der Waals surface area (Å²) in [7, 11) is -3.79. The van der Waals surface area contributed by atoms with Crippen LogP contribution in [0.15, 0.2) is 47.4 Å². The van der Waals surface area contributed by atoms with Gasteiger partial charge in [0.1, 0.15) is 0 Å². The van der Waals surface area contributed by atoms with Crippen LogP contribution >= 0.6 is 22.9 Å². The van der Waals surface area contributed by atoms with E-state index in [0.717, 1.165) is 4.70 Å². The molecule has 1 spiro atoms. The molecule has 1 aromatic heterocycles. The number of thiazole rings is 1. The van der Waals surface area contributed by atoms with Crippen LogP contribution in [0.2, 0.25) is 5.02 Å². The van der Waals surface area contributed by atoms with E-state index in [1.54, 1.807) is 23.1 Å². The molecule has 1 N–H and O–H groups in total. The van der Waals surface area contributed by atoms with Crippen LogP contribution in [0.1, 0.15) is 23.2 Å². The quantitative estimate of drug-likeness (QED) is 0.594. The molecule has 2 aliphatic heterocycles.